The van der Waals surface area contributed by atoms with Crippen molar-refractivity contribution in [1.82, 2.24) is 5.32 Å². The molecule has 2 nitrogen and oxygen atoms in total. The Labute approximate surface area is 103 Å². The van der Waals surface area contributed by atoms with Gasteiger partial charge in [-0.15, -0.1) is 0 Å². The number of ether oxygens (including phenoxy) is 1. The molecule has 0 radical (unpaired) electrons. The number of halogens is 1. The molecule has 1 rings (SSSR count). The van der Waals surface area contributed by atoms with E-state index in [1.807, 2.05) is 26.0 Å². The topological polar surface area (TPSA) is 21.3 Å². The zero-order valence-electron chi connectivity index (χ0n) is 10.9. The normalized spacial score (nSPS) is 13.0. The molecule has 0 spiro atoms. The van der Waals surface area contributed by atoms with Crippen molar-refractivity contribution >= 4 is 0 Å². The van der Waals surface area contributed by atoms with Crippen LogP contribution in [0.2, 0.25) is 0 Å². The molecule has 0 saturated heterocycles. The minimum absolute atomic E-state index is 0.192. The van der Waals surface area contributed by atoms with Crippen LogP contribution in [-0.4, -0.2) is 19.3 Å². The molecule has 17 heavy (non-hydrogen) atoms. The highest BCUT2D eigenvalue weighted by Crippen LogP contribution is 2.17. The summed E-state index contributed by atoms with van der Waals surface area (Å²) in [6.45, 7) is 7.73. The van der Waals surface area contributed by atoms with Crippen molar-refractivity contribution in [2.75, 3.05) is 13.2 Å². The van der Waals surface area contributed by atoms with E-state index in [9.17, 15) is 4.39 Å². The van der Waals surface area contributed by atoms with Crippen molar-refractivity contribution in [3.63, 3.8) is 0 Å². The standard InChI is InChI=1S/C14H22FNO/c1-4-16-14(9-10-17-11(2)3)12-5-7-13(15)8-6-12/h5-8,11,14,16H,4,9-10H2,1-3H3. The Morgan fingerprint density at radius 1 is 1.24 bits per heavy atom. The Morgan fingerprint density at radius 3 is 2.41 bits per heavy atom. The molecular weight excluding hydrogens is 217 g/mol. The van der Waals surface area contributed by atoms with Gasteiger partial charge < -0.3 is 10.1 Å². The van der Waals surface area contributed by atoms with Gasteiger partial charge in [-0.25, -0.2) is 4.39 Å². The minimum Gasteiger partial charge on any atom is -0.379 e. The van der Waals surface area contributed by atoms with Crippen LogP contribution in [0, 0.1) is 5.82 Å². The Bertz CT molecular complexity index is 311. The van der Waals surface area contributed by atoms with E-state index < -0.39 is 0 Å². The summed E-state index contributed by atoms with van der Waals surface area (Å²) in [7, 11) is 0. The van der Waals surface area contributed by atoms with Crippen molar-refractivity contribution in [1.29, 1.82) is 0 Å². The molecule has 0 heterocycles. The van der Waals surface area contributed by atoms with E-state index in [2.05, 4.69) is 12.2 Å². The Morgan fingerprint density at radius 2 is 1.88 bits per heavy atom. The molecule has 0 amide bonds. The van der Waals surface area contributed by atoms with Crippen LogP contribution in [0.5, 0.6) is 0 Å². The van der Waals surface area contributed by atoms with Gasteiger partial charge in [0.15, 0.2) is 0 Å². The van der Waals surface area contributed by atoms with E-state index in [4.69, 9.17) is 4.74 Å². The maximum Gasteiger partial charge on any atom is 0.123 e. The molecule has 0 aliphatic carbocycles. The van der Waals surface area contributed by atoms with Crippen molar-refractivity contribution < 1.29 is 9.13 Å². The molecule has 1 N–H and O–H groups in total. The minimum atomic E-state index is -0.192. The highest BCUT2D eigenvalue weighted by atomic mass is 19.1. The lowest BCUT2D eigenvalue weighted by molar-refractivity contribution is 0.0716. The van der Waals surface area contributed by atoms with Crippen LogP contribution >= 0.6 is 0 Å². The second-order valence-electron chi connectivity index (χ2n) is 4.37. The van der Waals surface area contributed by atoms with Crippen LogP contribution in [0.15, 0.2) is 24.3 Å². The fourth-order valence-corrected chi connectivity index (χ4v) is 1.75. The summed E-state index contributed by atoms with van der Waals surface area (Å²) in [5, 5.41) is 3.39. The second kappa shape index (κ2) is 7.41. The molecule has 0 aromatic heterocycles. The molecule has 96 valence electrons. The van der Waals surface area contributed by atoms with Gasteiger partial charge in [0.2, 0.25) is 0 Å². The summed E-state index contributed by atoms with van der Waals surface area (Å²) in [6.07, 6.45) is 1.16. The van der Waals surface area contributed by atoms with Crippen LogP contribution < -0.4 is 5.32 Å². The van der Waals surface area contributed by atoms with Crippen LogP contribution in [0.3, 0.4) is 0 Å². The summed E-state index contributed by atoms with van der Waals surface area (Å²) in [5.41, 5.74) is 1.11. The second-order valence-corrected chi connectivity index (χ2v) is 4.37. The molecule has 0 aliphatic heterocycles. The van der Waals surface area contributed by atoms with Crippen molar-refractivity contribution in [2.24, 2.45) is 0 Å². The Hall–Kier alpha value is -0.930. The quantitative estimate of drug-likeness (QED) is 0.788. The average Bonchev–Trinajstić information content (AvgIpc) is 2.29. The molecule has 0 aliphatic rings. The van der Waals surface area contributed by atoms with Gasteiger partial charge in [-0.1, -0.05) is 19.1 Å². The molecule has 0 bridgehead atoms. The molecule has 1 unspecified atom stereocenters. The summed E-state index contributed by atoms with van der Waals surface area (Å²) in [4.78, 5) is 0. The lowest BCUT2D eigenvalue weighted by Crippen LogP contribution is -2.23. The van der Waals surface area contributed by atoms with Crippen molar-refractivity contribution in [3.8, 4) is 0 Å². The average molecular weight is 239 g/mol. The van der Waals surface area contributed by atoms with E-state index in [0.29, 0.717) is 6.61 Å². The van der Waals surface area contributed by atoms with E-state index in [0.717, 1.165) is 18.5 Å². The third kappa shape index (κ3) is 5.29. The molecule has 0 saturated carbocycles. The van der Waals surface area contributed by atoms with Crippen LogP contribution in [0.1, 0.15) is 38.8 Å². The number of benzene rings is 1. The zero-order valence-corrected chi connectivity index (χ0v) is 10.9. The van der Waals surface area contributed by atoms with Crippen LogP contribution in [0.25, 0.3) is 0 Å². The number of hydrogen-bond acceptors (Lipinski definition) is 2. The fraction of sp³-hybridized carbons (Fsp3) is 0.571. The predicted molar refractivity (Wildman–Crippen MR) is 68.5 cm³/mol. The van der Waals surface area contributed by atoms with Gasteiger partial charge in [0, 0.05) is 12.6 Å². The zero-order chi connectivity index (χ0) is 12.7. The van der Waals surface area contributed by atoms with Crippen LogP contribution in [-0.2, 0) is 4.74 Å². The molecule has 0 fully saturated rings. The molecule has 1 aromatic carbocycles. The monoisotopic (exact) mass is 239 g/mol. The third-order valence-electron chi connectivity index (χ3n) is 2.58. The first-order chi connectivity index (χ1) is 8.13. The molecule has 3 heteroatoms. The fourth-order valence-electron chi connectivity index (χ4n) is 1.75. The maximum atomic E-state index is 12.8. The number of hydrogen-bond donors (Lipinski definition) is 1. The highest BCUT2D eigenvalue weighted by molar-refractivity contribution is 5.19. The predicted octanol–water partition coefficient (Wildman–Crippen LogP) is 3.29. The SMILES string of the molecule is CCNC(CCOC(C)C)c1ccc(F)cc1. The lowest BCUT2D eigenvalue weighted by atomic mass is 10.0. The molecular formula is C14H22FNO. The van der Waals surface area contributed by atoms with Gasteiger partial charge in [0.25, 0.3) is 0 Å². The Balaban J connectivity index is 2.55. The van der Waals surface area contributed by atoms with Gasteiger partial charge in [-0.2, -0.15) is 0 Å². The van der Waals surface area contributed by atoms with E-state index in [-0.39, 0.29) is 18.0 Å². The van der Waals surface area contributed by atoms with Gasteiger partial charge in [0.05, 0.1) is 6.10 Å². The van der Waals surface area contributed by atoms with E-state index in [1.54, 1.807) is 0 Å². The summed E-state index contributed by atoms with van der Waals surface area (Å²) < 4.78 is 18.4. The number of nitrogens with one attached hydrogen (secondary N) is 1. The first-order valence-corrected chi connectivity index (χ1v) is 6.24. The van der Waals surface area contributed by atoms with Gasteiger partial charge in [-0.05, 0) is 44.5 Å². The maximum absolute atomic E-state index is 12.8. The first-order valence-electron chi connectivity index (χ1n) is 6.24. The van der Waals surface area contributed by atoms with Gasteiger partial charge >= 0.3 is 0 Å². The third-order valence-corrected chi connectivity index (χ3v) is 2.58. The summed E-state index contributed by atoms with van der Waals surface area (Å²) in [5.74, 6) is -0.192. The highest BCUT2D eigenvalue weighted by Gasteiger charge is 2.10. The largest absolute Gasteiger partial charge is 0.379 e. The van der Waals surface area contributed by atoms with Gasteiger partial charge in [-0.3, -0.25) is 0 Å². The van der Waals surface area contributed by atoms with Crippen molar-refractivity contribution in [3.05, 3.63) is 35.6 Å². The summed E-state index contributed by atoms with van der Waals surface area (Å²) in [6, 6.07) is 6.90. The summed E-state index contributed by atoms with van der Waals surface area (Å²) >= 11 is 0. The number of rotatable bonds is 7. The van der Waals surface area contributed by atoms with E-state index in [1.165, 1.54) is 12.1 Å². The molecule has 1 atom stereocenters. The van der Waals surface area contributed by atoms with Gasteiger partial charge in [0.1, 0.15) is 5.82 Å². The molecule has 1 aromatic rings. The lowest BCUT2D eigenvalue weighted by Gasteiger charge is -2.19. The smallest absolute Gasteiger partial charge is 0.123 e. The Kier molecular flexibility index (Phi) is 6.16. The van der Waals surface area contributed by atoms with E-state index >= 15 is 0 Å². The first kappa shape index (κ1) is 14.1. The van der Waals surface area contributed by atoms with Crippen LogP contribution in [0.4, 0.5) is 4.39 Å². The van der Waals surface area contributed by atoms with Crippen molar-refractivity contribution in [2.45, 2.75) is 39.3 Å².